The lowest BCUT2D eigenvalue weighted by atomic mass is 9.92. The Balaban J connectivity index is 1.85. The van der Waals surface area contributed by atoms with Crippen LogP contribution in [-0.2, 0) is 0 Å². The van der Waals surface area contributed by atoms with E-state index < -0.39 is 0 Å². The minimum Gasteiger partial charge on any atom is -0.493 e. The molecule has 1 saturated carbocycles. The Morgan fingerprint density at radius 1 is 1.45 bits per heavy atom. The number of ether oxygens (including phenoxy) is 1. The third kappa shape index (κ3) is 4.45. The molecular formula is C17H24N2O. The smallest absolute Gasteiger partial charge is 0.121 e. The van der Waals surface area contributed by atoms with Crippen LogP contribution in [0.2, 0.25) is 0 Å². The Labute approximate surface area is 121 Å². The summed E-state index contributed by atoms with van der Waals surface area (Å²) in [6, 6.07) is 10.8. The Kier molecular flexibility index (Phi) is 4.89. The molecule has 0 amide bonds. The van der Waals surface area contributed by atoms with Gasteiger partial charge >= 0.3 is 0 Å². The van der Waals surface area contributed by atoms with Crippen molar-refractivity contribution in [3.63, 3.8) is 0 Å². The van der Waals surface area contributed by atoms with E-state index in [1.54, 1.807) is 0 Å². The van der Waals surface area contributed by atoms with Crippen LogP contribution in [-0.4, -0.2) is 12.6 Å². The van der Waals surface area contributed by atoms with E-state index in [2.05, 4.69) is 37.4 Å². The number of hydrogen-bond donors (Lipinski definition) is 1. The number of nitrogens with zero attached hydrogens (tertiary/aromatic N) is 1. The van der Waals surface area contributed by atoms with Crippen LogP contribution >= 0.6 is 0 Å². The van der Waals surface area contributed by atoms with E-state index in [4.69, 9.17) is 10.00 Å². The van der Waals surface area contributed by atoms with Gasteiger partial charge in [-0.25, -0.2) is 0 Å². The van der Waals surface area contributed by atoms with Gasteiger partial charge in [-0.05, 0) is 43.2 Å². The maximum atomic E-state index is 8.49. The SMILES string of the molecule is CC1(C)CCC(Nc2cccc(OCCCC#N)c2)C1. The van der Waals surface area contributed by atoms with Gasteiger partial charge in [0.15, 0.2) is 0 Å². The lowest BCUT2D eigenvalue weighted by Crippen LogP contribution is -2.17. The fraction of sp³-hybridized carbons (Fsp3) is 0.588. The normalized spacial score (nSPS) is 20.4. The lowest BCUT2D eigenvalue weighted by Gasteiger charge is -2.19. The molecule has 108 valence electrons. The van der Waals surface area contributed by atoms with Gasteiger partial charge in [0.25, 0.3) is 0 Å². The van der Waals surface area contributed by atoms with Crippen LogP contribution in [0.1, 0.15) is 46.0 Å². The second-order valence-corrected chi connectivity index (χ2v) is 6.39. The van der Waals surface area contributed by atoms with Gasteiger partial charge in [-0.1, -0.05) is 19.9 Å². The molecular weight excluding hydrogens is 248 g/mol. The number of nitriles is 1. The number of rotatable bonds is 6. The average Bonchev–Trinajstić information content (AvgIpc) is 2.74. The van der Waals surface area contributed by atoms with E-state index >= 15 is 0 Å². The van der Waals surface area contributed by atoms with E-state index in [9.17, 15) is 0 Å². The fourth-order valence-electron chi connectivity index (χ4n) is 2.81. The van der Waals surface area contributed by atoms with Crippen LogP contribution in [0.25, 0.3) is 0 Å². The Morgan fingerprint density at radius 3 is 3.00 bits per heavy atom. The Bertz CT molecular complexity index is 476. The van der Waals surface area contributed by atoms with Crippen molar-refractivity contribution in [2.75, 3.05) is 11.9 Å². The molecule has 1 aromatic carbocycles. The summed E-state index contributed by atoms with van der Waals surface area (Å²) < 4.78 is 5.66. The molecule has 1 aliphatic rings. The van der Waals surface area contributed by atoms with Crippen molar-refractivity contribution in [3.05, 3.63) is 24.3 Å². The molecule has 1 aromatic rings. The first-order valence-electron chi connectivity index (χ1n) is 7.45. The van der Waals surface area contributed by atoms with Crippen molar-refractivity contribution in [1.82, 2.24) is 0 Å². The molecule has 1 fully saturated rings. The van der Waals surface area contributed by atoms with Gasteiger partial charge in [-0.3, -0.25) is 0 Å². The van der Waals surface area contributed by atoms with Crippen molar-refractivity contribution in [1.29, 1.82) is 5.26 Å². The zero-order chi connectivity index (χ0) is 14.4. The molecule has 1 N–H and O–H groups in total. The summed E-state index contributed by atoms with van der Waals surface area (Å²) in [5, 5.41) is 12.1. The zero-order valence-electron chi connectivity index (χ0n) is 12.5. The van der Waals surface area contributed by atoms with Crippen LogP contribution in [0.5, 0.6) is 5.75 Å². The first-order valence-corrected chi connectivity index (χ1v) is 7.45. The lowest BCUT2D eigenvalue weighted by molar-refractivity contribution is 0.313. The fourth-order valence-corrected chi connectivity index (χ4v) is 2.81. The summed E-state index contributed by atoms with van der Waals surface area (Å²) in [5.41, 5.74) is 1.59. The molecule has 20 heavy (non-hydrogen) atoms. The second-order valence-electron chi connectivity index (χ2n) is 6.39. The average molecular weight is 272 g/mol. The zero-order valence-corrected chi connectivity index (χ0v) is 12.5. The van der Waals surface area contributed by atoms with E-state index in [1.807, 2.05) is 12.1 Å². The molecule has 0 aromatic heterocycles. The van der Waals surface area contributed by atoms with Gasteiger partial charge < -0.3 is 10.1 Å². The van der Waals surface area contributed by atoms with Crippen LogP contribution in [0.3, 0.4) is 0 Å². The summed E-state index contributed by atoms with van der Waals surface area (Å²) in [4.78, 5) is 0. The minimum absolute atomic E-state index is 0.461. The third-order valence-corrected chi connectivity index (χ3v) is 3.88. The summed E-state index contributed by atoms with van der Waals surface area (Å²) in [6.07, 6.45) is 5.08. The van der Waals surface area contributed by atoms with Crippen LogP contribution < -0.4 is 10.1 Å². The molecule has 0 spiro atoms. The van der Waals surface area contributed by atoms with Crippen molar-refractivity contribution in [2.45, 2.75) is 52.0 Å². The number of nitrogens with one attached hydrogen (secondary N) is 1. The molecule has 1 unspecified atom stereocenters. The topological polar surface area (TPSA) is 45.0 Å². The largest absolute Gasteiger partial charge is 0.493 e. The van der Waals surface area contributed by atoms with Gasteiger partial charge in [-0.15, -0.1) is 0 Å². The van der Waals surface area contributed by atoms with Crippen LogP contribution in [0.4, 0.5) is 5.69 Å². The van der Waals surface area contributed by atoms with Crippen molar-refractivity contribution in [3.8, 4) is 11.8 Å². The number of benzene rings is 1. The summed E-state index contributed by atoms with van der Waals surface area (Å²) in [6.45, 7) is 5.28. The van der Waals surface area contributed by atoms with Gasteiger partial charge in [0.2, 0.25) is 0 Å². The molecule has 0 saturated heterocycles. The quantitative estimate of drug-likeness (QED) is 0.783. The maximum Gasteiger partial charge on any atom is 0.121 e. The predicted molar refractivity (Wildman–Crippen MR) is 81.8 cm³/mol. The van der Waals surface area contributed by atoms with E-state index in [0.29, 0.717) is 24.5 Å². The van der Waals surface area contributed by atoms with Gasteiger partial charge in [-0.2, -0.15) is 5.26 Å². The summed E-state index contributed by atoms with van der Waals surface area (Å²) in [7, 11) is 0. The highest BCUT2D eigenvalue weighted by Gasteiger charge is 2.30. The van der Waals surface area contributed by atoms with E-state index in [0.717, 1.165) is 17.9 Å². The predicted octanol–water partition coefficient (Wildman–Crippen LogP) is 4.36. The Hall–Kier alpha value is -1.69. The van der Waals surface area contributed by atoms with Gasteiger partial charge in [0.1, 0.15) is 5.75 Å². The second kappa shape index (κ2) is 6.65. The van der Waals surface area contributed by atoms with Gasteiger partial charge in [0, 0.05) is 24.2 Å². The number of unbranched alkanes of at least 4 members (excludes halogenated alkanes) is 1. The number of hydrogen-bond acceptors (Lipinski definition) is 3. The summed E-state index contributed by atoms with van der Waals surface area (Å²) >= 11 is 0. The molecule has 3 nitrogen and oxygen atoms in total. The van der Waals surface area contributed by atoms with Crippen molar-refractivity contribution >= 4 is 5.69 Å². The van der Waals surface area contributed by atoms with Crippen LogP contribution in [0, 0.1) is 16.7 Å². The summed E-state index contributed by atoms with van der Waals surface area (Å²) in [5.74, 6) is 0.880. The molecule has 1 aliphatic carbocycles. The highest BCUT2D eigenvalue weighted by molar-refractivity contribution is 5.49. The molecule has 2 rings (SSSR count). The Morgan fingerprint density at radius 2 is 2.30 bits per heavy atom. The van der Waals surface area contributed by atoms with Crippen LogP contribution in [0.15, 0.2) is 24.3 Å². The standard InChI is InChI=1S/C17H24N2O/c1-17(2)9-8-15(13-17)19-14-6-5-7-16(12-14)20-11-4-3-10-18/h5-7,12,15,19H,3-4,8-9,11,13H2,1-2H3. The minimum atomic E-state index is 0.461. The highest BCUT2D eigenvalue weighted by atomic mass is 16.5. The number of anilines is 1. The molecule has 0 heterocycles. The molecule has 0 radical (unpaired) electrons. The highest BCUT2D eigenvalue weighted by Crippen LogP contribution is 2.38. The third-order valence-electron chi connectivity index (χ3n) is 3.88. The molecule has 3 heteroatoms. The van der Waals surface area contributed by atoms with Crippen molar-refractivity contribution in [2.24, 2.45) is 5.41 Å². The maximum absolute atomic E-state index is 8.49. The molecule has 0 aliphatic heterocycles. The van der Waals surface area contributed by atoms with Gasteiger partial charge in [0.05, 0.1) is 12.7 Å². The van der Waals surface area contributed by atoms with Crippen molar-refractivity contribution < 1.29 is 4.74 Å². The van der Waals surface area contributed by atoms with E-state index in [1.165, 1.54) is 19.3 Å². The van der Waals surface area contributed by atoms with E-state index in [-0.39, 0.29) is 0 Å². The molecule has 1 atom stereocenters. The monoisotopic (exact) mass is 272 g/mol. The molecule has 0 bridgehead atoms. The first-order chi connectivity index (χ1) is 9.59. The first kappa shape index (κ1) is 14.7.